The van der Waals surface area contributed by atoms with Crippen molar-refractivity contribution in [3.05, 3.63) is 91.0 Å². The molecule has 0 bridgehead atoms. The molecule has 4 heteroatoms. The summed E-state index contributed by atoms with van der Waals surface area (Å²) in [6.07, 6.45) is 5.70. The average molecular weight is 589 g/mol. The number of hydrogen-bond donors (Lipinski definition) is 0. The molecular weight excluding hydrogens is 550 g/mol. The zero-order chi connectivity index (χ0) is 22.6. The van der Waals surface area contributed by atoms with Gasteiger partial charge in [0.25, 0.3) is 0 Å². The van der Waals surface area contributed by atoms with Crippen LogP contribution in [0.2, 0.25) is 19.6 Å². The van der Waals surface area contributed by atoms with Gasteiger partial charge in [0.2, 0.25) is 0 Å². The standard InChI is InChI=1S/C24H30OPSi.C5H8.HI/c1-5-24(25-27(2,3)4)26(21-15-9-6-10-16-21,22-17-11-7-12-18-22)23-19-13-8-14-20-23;1-2-5-3-4(1)5;/h6-20,24H,5H2,1-4H3;4-5H,1-3H2;1H/q+1;;/p-1. The van der Waals surface area contributed by atoms with Crippen molar-refractivity contribution in [3.63, 3.8) is 0 Å². The van der Waals surface area contributed by atoms with E-state index in [2.05, 4.69) is 118 Å². The van der Waals surface area contributed by atoms with Gasteiger partial charge in [-0.25, -0.2) is 0 Å². The van der Waals surface area contributed by atoms with E-state index in [0.29, 0.717) is 0 Å². The average Bonchev–Trinajstić information content (AvgIpc) is 3.40. The molecule has 2 saturated carbocycles. The van der Waals surface area contributed by atoms with Crippen LogP contribution in [0.4, 0.5) is 0 Å². The highest BCUT2D eigenvalue weighted by molar-refractivity contribution is 7.96. The Balaban J connectivity index is 0.000000442. The Morgan fingerprint density at radius 1 is 0.727 bits per heavy atom. The van der Waals surface area contributed by atoms with Crippen molar-refractivity contribution in [2.75, 3.05) is 0 Å². The Hall–Kier alpha value is -1.00. The molecule has 176 valence electrons. The lowest BCUT2D eigenvalue weighted by Gasteiger charge is -2.37. The molecule has 0 aliphatic heterocycles. The van der Waals surface area contributed by atoms with Gasteiger partial charge in [-0.3, -0.25) is 0 Å². The van der Waals surface area contributed by atoms with Gasteiger partial charge in [-0.2, -0.15) is 0 Å². The third-order valence-corrected chi connectivity index (χ3v) is 12.6. The highest BCUT2D eigenvalue weighted by Crippen LogP contribution is 2.61. The molecule has 3 aromatic carbocycles. The molecule has 3 unspecified atom stereocenters. The van der Waals surface area contributed by atoms with E-state index in [9.17, 15) is 0 Å². The van der Waals surface area contributed by atoms with Crippen molar-refractivity contribution < 1.29 is 28.4 Å². The largest absolute Gasteiger partial charge is 1.00 e. The maximum Gasteiger partial charge on any atom is 0.188 e. The second-order valence-corrected chi connectivity index (χ2v) is 18.2. The van der Waals surface area contributed by atoms with Crippen LogP contribution >= 0.6 is 7.26 Å². The molecule has 3 aromatic rings. The monoisotopic (exact) mass is 588 g/mol. The molecule has 0 amide bonds. The minimum Gasteiger partial charge on any atom is -1.00 e. The van der Waals surface area contributed by atoms with E-state index in [-0.39, 0.29) is 29.8 Å². The Bertz CT molecular complexity index is 866. The van der Waals surface area contributed by atoms with Crippen LogP contribution in [0.15, 0.2) is 91.0 Å². The van der Waals surface area contributed by atoms with Gasteiger partial charge in [-0.1, -0.05) is 61.5 Å². The molecule has 2 fully saturated rings. The molecule has 3 atom stereocenters. The predicted molar refractivity (Wildman–Crippen MR) is 144 cm³/mol. The molecule has 33 heavy (non-hydrogen) atoms. The molecule has 5 rings (SSSR count). The summed E-state index contributed by atoms with van der Waals surface area (Å²) in [5.41, 5.74) is 0. The van der Waals surface area contributed by atoms with Crippen LogP contribution in [-0.4, -0.2) is 14.2 Å². The fourth-order valence-corrected chi connectivity index (χ4v) is 11.9. The minimum atomic E-state index is -1.95. The van der Waals surface area contributed by atoms with Crippen LogP contribution in [0.5, 0.6) is 0 Å². The number of halogens is 1. The first-order valence-corrected chi connectivity index (χ1v) is 17.4. The summed E-state index contributed by atoms with van der Waals surface area (Å²) in [4.78, 5) is 0. The van der Waals surface area contributed by atoms with Crippen molar-refractivity contribution >= 4 is 31.5 Å². The highest BCUT2D eigenvalue weighted by atomic mass is 127. The van der Waals surface area contributed by atoms with E-state index in [4.69, 9.17) is 4.43 Å². The molecule has 1 nitrogen and oxygen atoms in total. The van der Waals surface area contributed by atoms with Crippen molar-refractivity contribution in [3.8, 4) is 0 Å². The first-order valence-electron chi connectivity index (χ1n) is 12.2. The van der Waals surface area contributed by atoms with Crippen molar-refractivity contribution in [1.82, 2.24) is 0 Å². The summed E-state index contributed by atoms with van der Waals surface area (Å²) in [7, 11) is -3.67. The van der Waals surface area contributed by atoms with Gasteiger partial charge in [0.05, 0.1) is 0 Å². The van der Waals surface area contributed by atoms with Crippen molar-refractivity contribution in [2.45, 2.75) is 58.1 Å². The fourth-order valence-electron chi connectivity index (χ4n) is 4.96. The van der Waals surface area contributed by atoms with Gasteiger partial charge in [-0.05, 0) is 87.1 Å². The Morgan fingerprint density at radius 3 is 1.30 bits per heavy atom. The summed E-state index contributed by atoms with van der Waals surface area (Å²) >= 11 is 0. The lowest BCUT2D eigenvalue weighted by atomic mass is 10.0. The fraction of sp³-hybridized carbons (Fsp3) is 0.379. The van der Waals surface area contributed by atoms with E-state index >= 15 is 0 Å². The van der Waals surface area contributed by atoms with Crippen LogP contribution in [0, 0.1) is 11.8 Å². The van der Waals surface area contributed by atoms with Crippen LogP contribution in [-0.2, 0) is 4.43 Å². The summed E-state index contributed by atoms with van der Waals surface area (Å²) in [6, 6.07) is 33.1. The Kier molecular flexibility index (Phi) is 9.36. The second kappa shape index (κ2) is 11.6. The van der Waals surface area contributed by atoms with E-state index in [0.717, 1.165) is 6.42 Å². The quantitative estimate of drug-likeness (QED) is 0.231. The molecule has 0 saturated heterocycles. The smallest absolute Gasteiger partial charge is 0.188 e. The van der Waals surface area contributed by atoms with Crippen LogP contribution < -0.4 is 39.9 Å². The topological polar surface area (TPSA) is 9.23 Å². The highest BCUT2D eigenvalue weighted by Gasteiger charge is 2.53. The maximum atomic E-state index is 6.90. The van der Waals surface area contributed by atoms with E-state index < -0.39 is 15.6 Å². The zero-order valence-electron chi connectivity index (χ0n) is 20.5. The molecule has 0 N–H and O–H groups in total. The summed E-state index contributed by atoms with van der Waals surface area (Å²) in [5, 5.41) is 4.19. The summed E-state index contributed by atoms with van der Waals surface area (Å²) < 4.78 is 6.90. The van der Waals surface area contributed by atoms with E-state index in [1.807, 2.05) is 0 Å². The number of benzene rings is 3. The second-order valence-electron chi connectivity index (χ2n) is 10.2. The molecule has 0 heterocycles. The zero-order valence-corrected chi connectivity index (χ0v) is 24.5. The maximum absolute atomic E-state index is 6.90. The van der Waals surface area contributed by atoms with E-state index in [1.165, 1.54) is 27.7 Å². The number of rotatable bonds is 7. The van der Waals surface area contributed by atoms with Gasteiger partial charge in [0, 0.05) is 6.42 Å². The number of hydrogen-bond acceptors (Lipinski definition) is 1. The lowest BCUT2D eigenvalue weighted by molar-refractivity contribution is -0.00000780. The first kappa shape index (κ1) is 26.6. The molecule has 2 aliphatic carbocycles. The van der Waals surface area contributed by atoms with Crippen LogP contribution in [0.25, 0.3) is 0 Å². The normalized spacial score (nSPS) is 19.6. The van der Waals surface area contributed by atoms with Crippen molar-refractivity contribution in [1.29, 1.82) is 0 Å². The summed E-state index contributed by atoms with van der Waals surface area (Å²) in [6.45, 7) is 9.16. The molecule has 2 aliphatic rings. The van der Waals surface area contributed by atoms with Gasteiger partial charge in [0.1, 0.15) is 23.2 Å². The van der Waals surface area contributed by atoms with Gasteiger partial charge < -0.3 is 28.4 Å². The lowest BCUT2D eigenvalue weighted by Crippen LogP contribution is -3.00. The van der Waals surface area contributed by atoms with Gasteiger partial charge in [-0.15, -0.1) is 0 Å². The molecule has 0 radical (unpaired) electrons. The first-order chi connectivity index (χ1) is 15.4. The molecule has 0 spiro atoms. The molecule has 0 aromatic heterocycles. The van der Waals surface area contributed by atoms with E-state index in [1.54, 1.807) is 19.3 Å². The van der Waals surface area contributed by atoms with Gasteiger partial charge >= 0.3 is 0 Å². The van der Waals surface area contributed by atoms with Gasteiger partial charge in [0.15, 0.2) is 14.2 Å². The third-order valence-electron chi connectivity index (χ3n) is 6.74. The SMILES string of the molecule is C1CC2CC12.CCC(O[Si](C)(C)C)[P+](c1ccccc1)(c1ccccc1)c1ccccc1.[I-]. The van der Waals surface area contributed by atoms with Crippen LogP contribution in [0.3, 0.4) is 0 Å². The van der Waals surface area contributed by atoms with Crippen LogP contribution in [0.1, 0.15) is 32.6 Å². The minimum absolute atomic E-state index is 0. The predicted octanol–water partition coefficient (Wildman–Crippen LogP) is 3.99. The Morgan fingerprint density at radius 2 is 1.09 bits per heavy atom. The Labute approximate surface area is 219 Å². The third kappa shape index (κ3) is 6.17. The molecular formula is C29H38IOPSi. The number of fused-ring (bicyclic) bond motifs is 1. The summed E-state index contributed by atoms with van der Waals surface area (Å²) in [5.74, 6) is 2.64. The van der Waals surface area contributed by atoms with Crippen molar-refractivity contribution in [2.24, 2.45) is 11.8 Å².